The van der Waals surface area contributed by atoms with E-state index in [1.54, 1.807) is 13.8 Å². The Bertz CT molecular complexity index is 997. The van der Waals surface area contributed by atoms with Crippen LogP contribution in [0.3, 0.4) is 0 Å². The molecule has 0 radical (unpaired) electrons. The summed E-state index contributed by atoms with van der Waals surface area (Å²) < 4.78 is 45.8. The summed E-state index contributed by atoms with van der Waals surface area (Å²) in [6.07, 6.45) is -2.98. The molecule has 7 nitrogen and oxygen atoms in total. The predicted molar refractivity (Wildman–Crippen MR) is 83.9 cm³/mol. The van der Waals surface area contributed by atoms with Crippen LogP contribution >= 0.6 is 0 Å². The number of halogens is 3. The van der Waals surface area contributed by atoms with Gasteiger partial charge in [-0.15, -0.1) is 0 Å². The zero-order valence-electron chi connectivity index (χ0n) is 13.9. The molecule has 0 atom stereocenters. The summed E-state index contributed by atoms with van der Waals surface area (Å²) in [5.41, 5.74) is 0.0873. The van der Waals surface area contributed by atoms with E-state index in [0.717, 1.165) is 18.9 Å². The van der Waals surface area contributed by atoms with Crippen molar-refractivity contribution >= 4 is 17.2 Å². The van der Waals surface area contributed by atoms with E-state index in [9.17, 15) is 18.0 Å². The van der Waals surface area contributed by atoms with Crippen LogP contribution in [-0.4, -0.2) is 25.7 Å². The molecule has 1 N–H and O–H groups in total. The van der Waals surface area contributed by atoms with E-state index in [-0.39, 0.29) is 17.3 Å². The zero-order valence-corrected chi connectivity index (χ0v) is 13.9. The average Bonchev–Trinajstić information content (AvgIpc) is 3.26. The van der Waals surface area contributed by atoms with Crippen LogP contribution < -0.4 is 5.32 Å². The highest BCUT2D eigenvalue weighted by Gasteiger charge is 2.37. The maximum Gasteiger partial charge on any atom is 0.433 e. The molecule has 136 valence electrons. The van der Waals surface area contributed by atoms with Gasteiger partial charge in [0.1, 0.15) is 17.1 Å². The first-order valence-electron chi connectivity index (χ1n) is 7.96. The van der Waals surface area contributed by atoms with E-state index in [2.05, 4.69) is 20.6 Å². The van der Waals surface area contributed by atoms with Crippen molar-refractivity contribution in [2.24, 2.45) is 0 Å². The number of hydrogen-bond donors (Lipinski definition) is 1. The van der Waals surface area contributed by atoms with Crippen LogP contribution in [0.5, 0.6) is 0 Å². The van der Waals surface area contributed by atoms with Gasteiger partial charge in [0, 0.05) is 17.7 Å². The maximum atomic E-state index is 13.4. The van der Waals surface area contributed by atoms with Crippen molar-refractivity contribution in [3.8, 4) is 0 Å². The highest BCUT2D eigenvalue weighted by Crippen LogP contribution is 2.41. The fourth-order valence-corrected chi connectivity index (χ4v) is 2.73. The molecule has 0 saturated heterocycles. The van der Waals surface area contributed by atoms with Gasteiger partial charge in [0.2, 0.25) is 0 Å². The second-order valence-electron chi connectivity index (χ2n) is 6.29. The lowest BCUT2D eigenvalue weighted by Crippen LogP contribution is -2.16. The number of alkyl halides is 3. The van der Waals surface area contributed by atoms with Gasteiger partial charge >= 0.3 is 6.18 Å². The molecule has 1 saturated carbocycles. The fraction of sp³-hybridized carbons (Fsp3) is 0.375. The summed E-state index contributed by atoms with van der Waals surface area (Å²) in [4.78, 5) is 16.6. The van der Waals surface area contributed by atoms with Gasteiger partial charge in [-0.2, -0.15) is 18.3 Å². The van der Waals surface area contributed by atoms with E-state index in [1.165, 1.54) is 6.07 Å². The number of fused-ring (bicyclic) bond motifs is 1. The number of hydrogen-bond acceptors (Lipinski definition) is 5. The minimum Gasteiger partial charge on any atom is -0.359 e. The lowest BCUT2D eigenvalue weighted by molar-refractivity contribution is -0.142. The Morgan fingerprint density at radius 2 is 2.04 bits per heavy atom. The minimum absolute atomic E-state index is 0.00867. The summed E-state index contributed by atoms with van der Waals surface area (Å²) in [7, 11) is 0. The minimum atomic E-state index is -4.60. The number of carbonyl (C=O) groups excluding carboxylic acids is 1. The Morgan fingerprint density at radius 3 is 2.62 bits per heavy atom. The van der Waals surface area contributed by atoms with Gasteiger partial charge < -0.3 is 9.84 Å². The third kappa shape index (κ3) is 2.80. The second-order valence-corrected chi connectivity index (χ2v) is 6.29. The summed E-state index contributed by atoms with van der Waals surface area (Å²) in [5.74, 6) is -0.230. The zero-order chi connectivity index (χ0) is 18.6. The Morgan fingerprint density at radius 1 is 1.31 bits per heavy atom. The molecule has 3 heterocycles. The number of rotatable bonds is 3. The summed E-state index contributed by atoms with van der Waals surface area (Å²) in [6, 6.07) is 2.25. The number of nitrogens with one attached hydrogen (secondary N) is 1. The molecule has 3 aromatic heterocycles. The highest BCUT2D eigenvalue weighted by atomic mass is 19.4. The van der Waals surface area contributed by atoms with Crippen LogP contribution in [0.4, 0.5) is 18.9 Å². The van der Waals surface area contributed by atoms with Crippen LogP contribution in [0.2, 0.25) is 0 Å². The van der Waals surface area contributed by atoms with E-state index in [1.807, 2.05) is 0 Å². The molecule has 4 rings (SSSR count). The van der Waals surface area contributed by atoms with Gasteiger partial charge in [-0.1, -0.05) is 5.16 Å². The molecule has 10 heteroatoms. The van der Waals surface area contributed by atoms with Gasteiger partial charge in [0.05, 0.1) is 0 Å². The standard InChI is InChI=1S/C16H14F3N5O2/c1-7-14(8(2)26-23-7)21-15(25)11-6-13-20-10(9-3-4-9)5-12(16(17,18)19)24(13)22-11/h5-6,9H,3-4H2,1-2H3,(H,21,25). The molecule has 0 spiro atoms. The second kappa shape index (κ2) is 5.55. The molecule has 1 amide bonds. The van der Waals surface area contributed by atoms with Crippen molar-refractivity contribution in [2.45, 2.75) is 38.8 Å². The quantitative estimate of drug-likeness (QED) is 0.768. The Hall–Kier alpha value is -2.91. The van der Waals surface area contributed by atoms with Crippen molar-refractivity contribution < 1.29 is 22.5 Å². The van der Waals surface area contributed by atoms with E-state index in [0.29, 0.717) is 27.4 Å². The Labute approximate surface area is 145 Å². The number of carbonyl (C=O) groups is 1. The van der Waals surface area contributed by atoms with Crippen molar-refractivity contribution in [3.63, 3.8) is 0 Å². The SMILES string of the molecule is Cc1noc(C)c1NC(=O)c1cc2nc(C3CC3)cc(C(F)(F)F)n2n1. The normalized spacial score (nSPS) is 14.8. The molecular formula is C16H14F3N5O2. The maximum absolute atomic E-state index is 13.4. The monoisotopic (exact) mass is 365 g/mol. The lowest BCUT2D eigenvalue weighted by atomic mass is 10.2. The topological polar surface area (TPSA) is 85.3 Å². The molecule has 0 aliphatic heterocycles. The van der Waals surface area contributed by atoms with Gasteiger partial charge in [0.15, 0.2) is 17.1 Å². The molecular weight excluding hydrogens is 351 g/mol. The summed E-state index contributed by atoms with van der Waals surface area (Å²) in [6.45, 7) is 3.26. The van der Waals surface area contributed by atoms with E-state index >= 15 is 0 Å². The molecule has 0 unspecified atom stereocenters. The first kappa shape index (κ1) is 16.6. The molecule has 1 fully saturated rings. The van der Waals surface area contributed by atoms with Crippen LogP contribution in [0, 0.1) is 13.8 Å². The summed E-state index contributed by atoms with van der Waals surface area (Å²) >= 11 is 0. The first-order chi connectivity index (χ1) is 12.2. The van der Waals surface area contributed by atoms with Crippen molar-refractivity contribution in [3.05, 3.63) is 40.7 Å². The first-order valence-corrected chi connectivity index (χ1v) is 7.96. The number of aromatic nitrogens is 4. The molecule has 1 aliphatic rings. The van der Waals surface area contributed by atoms with Crippen LogP contribution in [0.1, 0.15) is 52.1 Å². The molecule has 0 aromatic carbocycles. The van der Waals surface area contributed by atoms with E-state index in [4.69, 9.17) is 4.52 Å². The number of amides is 1. The third-order valence-corrected chi connectivity index (χ3v) is 4.24. The molecule has 26 heavy (non-hydrogen) atoms. The predicted octanol–water partition coefficient (Wildman–Crippen LogP) is 3.48. The Kier molecular flexibility index (Phi) is 3.53. The van der Waals surface area contributed by atoms with Crippen LogP contribution in [0.15, 0.2) is 16.7 Å². The van der Waals surface area contributed by atoms with Gasteiger partial charge in [-0.25, -0.2) is 9.50 Å². The van der Waals surface area contributed by atoms with Crippen LogP contribution in [-0.2, 0) is 6.18 Å². The van der Waals surface area contributed by atoms with Crippen molar-refractivity contribution in [1.29, 1.82) is 0 Å². The Balaban J connectivity index is 1.76. The van der Waals surface area contributed by atoms with Gasteiger partial charge in [-0.05, 0) is 32.8 Å². The molecule has 1 aliphatic carbocycles. The average molecular weight is 365 g/mol. The molecule has 0 bridgehead atoms. The third-order valence-electron chi connectivity index (χ3n) is 4.24. The lowest BCUT2D eigenvalue weighted by Gasteiger charge is -2.10. The summed E-state index contributed by atoms with van der Waals surface area (Å²) in [5, 5.41) is 10.1. The number of nitrogens with zero attached hydrogens (tertiary/aromatic N) is 4. The molecule has 3 aromatic rings. The highest BCUT2D eigenvalue weighted by molar-refractivity contribution is 6.04. The van der Waals surface area contributed by atoms with E-state index < -0.39 is 17.8 Å². The van der Waals surface area contributed by atoms with Crippen molar-refractivity contribution in [1.82, 2.24) is 19.8 Å². The van der Waals surface area contributed by atoms with Crippen molar-refractivity contribution in [2.75, 3.05) is 5.32 Å². The number of anilines is 1. The van der Waals surface area contributed by atoms with Gasteiger partial charge in [-0.3, -0.25) is 4.79 Å². The van der Waals surface area contributed by atoms with Gasteiger partial charge in [0.25, 0.3) is 5.91 Å². The smallest absolute Gasteiger partial charge is 0.359 e. The number of aryl methyl sites for hydroxylation is 2. The largest absolute Gasteiger partial charge is 0.433 e. The fourth-order valence-electron chi connectivity index (χ4n) is 2.73. The van der Waals surface area contributed by atoms with Crippen LogP contribution in [0.25, 0.3) is 5.65 Å².